The maximum atomic E-state index is 12.6. The Morgan fingerprint density at radius 2 is 1.85 bits per heavy atom. The number of sulfone groups is 1. The van der Waals surface area contributed by atoms with Gasteiger partial charge in [-0.3, -0.25) is 9.59 Å². The first-order valence-electron chi connectivity index (χ1n) is 7.93. The van der Waals surface area contributed by atoms with E-state index in [2.05, 4.69) is 5.32 Å². The van der Waals surface area contributed by atoms with E-state index in [-0.39, 0.29) is 30.2 Å². The maximum Gasteiger partial charge on any atom is 0.416 e. The number of nitrogens with zero attached hydrogens (tertiary/aromatic N) is 1. The molecule has 1 aromatic carbocycles. The number of benzene rings is 1. The predicted octanol–water partition coefficient (Wildman–Crippen LogP) is 1.75. The fraction of sp³-hybridized carbons (Fsp3) is 0.500. The lowest BCUT2D eigenvalue weighted by atomic mass is 10.2. The summed E-state index contributed by atoms with van der Waals surface area (Å²) in [6.45, 7) is 1.23. The van der Waals surface area contributed by atoms with Crippen molar-refractivity contribution in [2.45, 2.75) is 32.0 Å². The number of hydrogen-bond acceptors (Lipinski definition) is 4. The summed E-state index contributed by atoms with van der Waals surface area (Å²) in [6.07, 6.45) is -4.21. The lowest BCUT2D eigenvalue weighted by molar-refractivity contribution is -0.137. The molecule has 1 aromatic rings. The Morgan fingerprint density at radius 1 is 1.23 bits per heavy atom. The molecule has 1 atom stereocenters. The second-order valence-electron chi connectivity index (χ2n) is 6.13. The van der Waals surface area contributed by atoms with E-state index in [1.54, 1.807) is 0 Å². The second-order valence-corrected chi connectivity index (χ2v) is 8.36. The summed E-state index contributed by atoms with van der Waals surface area (Å²) >= 11 is 0. The molecule has 144 valence electrons. The lowest BCUT2D eigenvalue weighted by Crippen LogP contribution is -2.38. The minimum Gasteiger partial charge on any atom is -0.352 e. The zero-order valence-corrected chi connectivity index (χ0v) is 14.9. The third-order valence-corrected chi connectivity index (χ3v) is 5.81. The highest BCUT2D eigenvalue weighted by Gasteiger charge is 2.31. The summed E-state index contributed by atoms with van der Waals surface area (Å²) in [5.41, 5.74) is -0.577. The monoisotopic (exact) mass is 392 g/mol. The molecular weight excluding hydrogens is 373 g/mol. The summed E-state index contributed by atoms with van der Waals surface area (Å²) in [5.74, 6) is -0.900. The molecule has 2 amide bonds. The number of anilines is 1. The van der Waals surface area contributed by atoms with Crippen LogP contribution in [0.25, 0.3) is 0 Å². The average molecular weight is 392 g/mol. The van der Waals surface area contributed by atoms with Crippen LogP contribution >= 0.6 is 0 Å². The summed E-state index contributed by atoms with van der Waals surface area (Å²) in [4.78, 5) is 24.9. The molecular formula is C16H19F3N2O4S. The minimum atomic E-state index is -4.47. The van der Waals surface area contributed by atoms with Gasteiger partial charge in [0.15, 0.2) is 9.84 Å². The van der Waals surface area contributed by atoms with Gasteiger partial charge in [-0.15, -0.1) is 0 Å². The SMILES string of the molecule is CC(=O)N(CCC(=O)NC1CCS(=O)(=O)C1)c1ccc(C(F)(F)F)cc1. The molecule has 0 aromatic heterocycles. The fourth-order valence-corrected chi connectivity index (χ4v) is 4.39. The molecule has 10 heteroatoms. The Bertz CT molecular complexity index is 776. The fourth-order valence-electron chi connectivity index (χ4n) is 2.72. The number of nitrogens with one attached hydrogen (secondary N) is 1. The molecule has 1 unspecified atom stereocenters. The van der Waals surface area contributed by atoms with Gasteiger partial charge < -0.3 is 10.2 Å². The van der Waals surface area contributed by atoms with Crippen LogP contribution < -0.4 is 10.2 Å². The van der Waals surface area contributed by atoms with Gasteiger partial charge >= 0.3 is 6.18 Å². The molecule has 0 radical (unpaired) electrons. The maximum absolute atomic E-state index is 12.6. The van der Waals surface area contributed by atoms with Crippen molar-refractivity contribution in [1.29, 1.82) is 0 Å². The van der Waals surface area contributed by atoms with Gasteiger partial charge in [-0.2, -0.15) is 13.2 Å². The number of amides is 2. The first kappa shape index (κ1) is 20.2. The molecule has 1 N–H and O–H groups in total. The van der Waals surface area contributed by atoms with Crippen molar-refractivity contribution in [2.24, 2.45) is 0 Å². The van der Waals surface area contributed by atoms with Gasteiger partial charge in [0.1, 0.15) is 0 Å². The number of rotatable bonds is 5. The lowest BCUT2D eigenvalue weighted by Gasteiger charge is -2.22. The first-order valence-corrected chi connectivity index (χ1v) is 9.75. The third kappa shape index (κ3) is 5.45. The Balaban J connectivity index is 1.96. The van der Waals surface area contributed by atoms with Crippen LogP contribution in [0.3, 0.4) is 0 Å². The Labute approximate surface area is 149 Å². The molecule has 6 nitrogen and oxygen atoms in total. The third-order valence-electron chi connectivity index (χ3n) is 4.05. The molecule has 0 aliphatic carbocycles. The molecule has 2 rings (SSSR count). The quantitative estimate of drug-likeness (QED) is 0.828. The number of carbonyl (C=O) groups is 2. The summed E-state index contributed by atoms with van der Waals surface area (Å²) in [7, 11) is -3.12. The molecule has 1 aliphatic heterocycles. The highest BCUT2D eigenvalue weighted by molar-refractivity contribution is 7.91. The van der Waals surface area contributed by atoms with Gasteiger partial charge in [0.25, 0.3) is 0 Å². The molecule has 0 saturated carbocycles. The van der Waals surface area contributed by atoms with Crippen molar-refractivity contribution in [3.05, 3.63) is 29.8 Å². The standard InChI is InChI=1S/C16H19F3N2O4S/c1-11(22)21(14-4-2-12(3-5-14)16(17,18)19)8-6-15(23)20-13-7-9-26(24,25)10-13/h2-5,13H,6-10H2,1H3,(H,20,23). The Kier molecular flexibility index (Phi) is 5.94. The minimum absolute atomic E-state index is 0.0218. The van der Waals surface area contributed by atoms with Crippen LogP contribution in [-0.4, -0.2) is 44.3 Å². The van der Waals surface area contributed by atoms with Gasteiger partial charge in [0.2, 0.25) is 11.8 Å². The van der Waals surface area contributed by atoms with Crippen molar-refractivity contribution < 1.29 is 31.2 Å². The summed E-state index contributed by atoms with van der Waals surface area (Å²) in [5, 5.41) is 2.60. The first-order chi connectivity index (χ1) is 12.0. The van der Waals surface area contributed by atoms with Crippen LogP contribution in [0, 0.1) is 0 Å². The highest BCUT2D eigenvalue weighted by Crippen LogP contribution is 2.30. The van der Waals surface area contributed by atoms with Gasteiger partial charge in [-0.05, 0) is 30.7 Å². The summed E-state index contributed by atoms with van der Waals surface area (Å²) in [6, 6.07) is 3.64. The van der Waals surface area contributed by atoms with Crippen LogP contribution in [-0.2, 0) is 25.6 Å². The Hall–Kier alpha value is -2.10. The molecule has 1 fully saturated rings. The van der Waals surface area contributed by atoms with Crippen LogP contribution in [0.2, 0.25) is 0 Å². The number of alkyl halides is 3. The molecule has 1 saturated heterocycles. The van der Waals surface area contributed by atoms with Crippen molar-refractivity contribution in [2.75, 3.05) is 23.0 Å². The summed E-state index contributed by atoms with van der Waals surface area (Å²) < 4.78 is 60.6. The number of hydrogen-bond donors (Lipinski definition) is 1. The van der Waals surface area contributed by atoms with E-state index in [9.17, 15) is 31.2 Å². The zero-order chi connectivity index (χ0) is 19.5. The van der Waals surface area contributed by atoms with E-state index in [0.717, 1.165) is 12.1 Å². The topological polar surface area (TPSA) is 83.6 Å². The van der Waals surface area contributed by atoms with Gasteiger partial charge in [-0.25, -0.2) is 8.42 Å². The van der Waals surface area contributed by atoms with Gasteiger partial charge in [0, 0.05) is 31.6 Å². The van der Waals surface area contributed by atoms with Gasteiger partial charge in [-0.1, -0.05) is 0 Å². The predicted molar refractivity (Wildman–Crippen MR) is 89.3 cm³/mol. The Morgan fingerprint density at radius 3 is 2.31 bits per heavy atom. The van der Waals surface area contributed by atoms with Crippen molar-refractivity contribution >= 4 is 27.3 Å². The molecule has 0 bridgehead atoms. The molecule has 1 aliphatic rings. The number of carbonyl (C=O) groups excluding carboxylic acids is 2. The molecule has 0 spiro atoms. The smallest absolute Gasteiger partial charge is 0.352 e. The second kappa shape index (κ2) is 7.65. The van der Waals surface area contributed by atoms with Crippen LogP contribution in [0.1, 0.15) is 25.3 Å². The highest BCUT2D eigenvalue weighted by atomic mass is 32.2. The van der Waals surface area contributed by atoms with Crippen LogP contribution in [0.4, 0.5) is 18.9 Å². The van der Waals surface area contributed by atoms with Crippen molar-refractivity contribution in [3.8, 4) is 0 Å². The van der Waals surface area contributed by atoms with E-state index in [0.29, 0.717) is 6.42 Å². The zero-order valence-electron chi connectivity index (χ0n) is 14.0. The largest absolute Gasteiger partial charge is 0.416 e. The van der Waals surface area contributed by atoms with E-state index in [1.165, 1.54) is 24.0 Å². The van der Waals surface area contributed by atoms with E-state index < -0.39 is 39.4 Å². The molecule has 1 heterocycles. The normalized spacial score (nSPS) is 19.2. The van der Waals surface area contributed by atoms with Crippen LogP contribution in [0.15, 0.2) is 24.3 Å². The van der Waals surface area contributed by atoms with Gasteiger partial charge in [0.05, 0.1) is 17.1 Å². The number of halogens is 3. The van der Waals surface area contributed by atoms with E-state index in [4.69, 9.17) is 0 Å². The van der Waals surface area contributed by atoms with Crippen LogP contribution in [0.5, 0.6) is 0 Å². The van der Waals surface area contributed by atoms with E-state index in [1.807, 2.05) is 0 Å². The van der Waals surface area contributed by atoms with E-state index >= 15 is 0 Å². The molecule has 26 heavy (non-hydrogen) atoms. The average Bonchev–Trinajstić information content (AvgIpc) is 2.85. The van der Waals surface area contributed by atoms with Crippen molar-refractivity contribution in [1.82, 2.24) is 5.32 Å². The van der Waals surface area contributed by atoms with Crippen molar-refractivity contribution in [3.63, 3.8) is 0 Å².